The smallest absolute Gasteiger partial charge is 0.118 e. The van der Waals surface area contributed by atoms with Gasteiger partial charge >= 0.3 is 0 Å². The number of nitrogens with two attached hydrogens (primary N) is 1. The SMILES string of the molecule is Cc1ccc(CN(C)CC(N)c2ccccc2)o1. The van der Waals surface area contributed by atoms with Gasteiger partial charge in [0.25, 0.3) is 0 Å². The molecule has 1 aromatic carbocycles. The first kappa shape index (κ1) is 12.9. The van der Waals surface area contributed by atoms with Gasteiger partial charge in [0.1, 0.15) is 11.5 Å². The van der Waals surface area contributed by atoms with Crippen molar-refractivity contribution in [3.05, 3.63) is 59.5 Å². The zero-order chi connectivity index (χ0) is 13.0. The highest BCUT2D eigenvalue weighted by Gasteiger charge is 2.10. The molecule has 1 atom stereocenters. The summed E-state index contributed by atoms with van der Waals surface area (Å²) in [5, 5.41) is 0. The normalized spacial score (nSPS) is 12.9. The van der Waals surface area contributed by atoms with Gasteiger partial charge in [-0.3, -0.25) is 4.90 Å². The highest BCUT2D eigenvalue weighted by molar-refractivity contribution is 5.18. The van der Waals surface area contributed by atoms with Gasteiger partial charge < -0.3 is 10.2 Å². The fourth-order valence-electron chi connectivity index (χ4n) is 2.04. The molecular formula is C15H20N2O. The number of hydrogen-bond acceptors (Lipinski definition) is 3. The molecule has 0 aliphatic heterocycles. The second-order valence-corrected chi connectivity index (χ2v) is 4.73. The Labute approximate surface area is 108 Å². The molecule has 0 aliphatic carbocycles. The van der Waals surface area contributed by atoms with Crippen LogP contribution in [0.25, 0.3) is 0 Å². The maximum Gasteiger partial charge on any atom is 0.118 e. The standard InChI is InChI=1S/C15H20N2O/c1-12-8-9-14(18-12)10-17(2)11-15(16)13-6-4-3-5-7-13/h3-9,15H,10-11,16H2,1-2H3. The number of aryl methyl sites for hydroxylation is 1. The van der Waals surface area contributed by atoms with Crippen LogP contribution in [-0.2, 0) is 6.54 Å². The lowest BCUT2D eigenvalue weighted by Crippen LogP contribution is -2.28. The average Bonchev–Trinajstić information content (AvgIpc) is 2.75. The molecule has 2 aromatic rings. The Morgan fingerprint density at radius 3 is 2.50 bits per heavy atom. The molecule has 0 fully saturated rings. The van der Waals surface area contributed by atoms with E-state index in [0.717, 1.165) is 24.6 Å². The van der Waals surface area contributed by atoms with Gasteiger partial charge in [-0.25, -0.2) is 0 Å². The number of hydrogen-bond donors (Lipinski definition) is 1. The van der Waals surface area contributed by atoms with Crippen LogP contribution in [-0.4, -0.2) is 18.5 Å². The van der Waals surface area contributed by atoms with E-state index in [2.05, 4.69) is 24.1 Å². The molecule has 0 aliphatic rings. The molecule has 2 N–H and O–H groups in total. The van der Waals surface area contributed by atoms with Crippen LogP contribution in [0.2, 0.25) is 0 Å². The summed E-state index contributed by atoms with van der Waals surface area (Å²) in [6, 6.07) is 14.2. The molecular weight excluding hydrogens is 224 g/mol. The highest BCUT2D eigenvalue weighted by Crippen LogP contribution is 2.13. The molecule has 0 saturated heterocycles. The molecule has 1 heterocycles. The first-order valence-corrected chi connectivity index (χ1v) is 6.19. The van der Waals surface area contributed by atoms with Crippen molar-refractivity contribution >= 4 is 0 Å². The summed E-state index contributed by atoms with van der Waals surface area (Å²) in [6.45, 7) is 3.55. The van der Waals surface area contributed by atoms with Crippen molar-refractivity contribution in [1.29, 1.82) is 0 Å². The first-order chi connectivity index (χ1) is 8.65. The number of benzene rings is 1. The van der Waals surface area contributed by atoms with Gasteiger partial charge in [0, 0.05) is 12.6 Å². The Bertz CT molecular complexity index is 478. The van der Waals surface area contributed by atoms with Gasteiger partial charge in [0.05, 0.1) is 6.54 Å². The molecule has 0 saturated carbocycles. The molecule has 18 heavy (non-hydrogen) atoms. The maximum absolute atomic E-state index is 6.18. The molecule has 3 heteroatoms. The Morgan fingerprint density at radius 1 is 1.17 bits per heavy atom. The monoisotopic (exact) mass is 244 g/mol. The van der Waals surface area contributed by atoms with Crippen molar-refractivity contribution in [2.75, 3.05) is 13.6 Å². The van der Waals surface area contributed by atoms with E-state index in [1.807, 2.05) is 37.3 Å². The van der Waals surface area contributed by atoms with Crippen molar-refractivity contribution in [1.82, 2.24) is 4.90 Å². The minimum Gasteiger partial charge on any atom is -0.465 e. The van der Waals surface area contributed by atoms with Gasteiger partial charge in [0.15, 0.2) is 0 Å². The van der Waals surface area contributed by atoms with Crippen molar-refractivity contribution in [3.63, 3.8) is 0 Å². The molecule has 0 radical (unpaired) electrons. The summed E-state index contributed by atoms with van der Waals surface area (Å²) >= 11 is 0. The van der Waals surface area contributed by atoms with E-state index in [4.69, 9.17) is 10.2 Å². The molecule has 96 valence electrons. The van der Waals surface area contributed by atoms with Crippen molar-refractivity contribution in [2.45, 2.75) is 19.5 Å². The third-order valence-corrected chi connectivity index (χ3v) is 2.96. The van der Waals surface area contributed by atoms with E-state index in [0.29, 0.717) is 0 Å². The Hall–Kier alpha value is -1.58. The van der Waals surface area contributed by atoms with Crippen molar-refractivity contribution in [3.8, 4) is 0 Å². The van der Waals surface area contributed by atoms with Crippen LogP contribution in [0.5, 0.6) is 0 Å². The fourth-order valence-corrected chi connectivity index (χ4v) is 2.04. The summed E-state index contributed by atoms with van der Waals surface area (Å²) in [4.78, 5) is 2.18. The van der Waals surface area contributed by atoms with Crippen molar-refractivity contribution < 1.29 is 4.42 Å². The van der Waals surface area contributed by atoms with Crippen LogP contribution >= 0.6 is 0 Å². The average molecular weight is 244 g/mol. The fraction of sp³-hybridized carbons (Fsp3) is 0.333. The molecule has 1 aromatic heterocycles. The van der Waals surface area contributed by atoms with E-state index < -0.39 is 0 Å². The lowest BCUT2D eigenvalue weighted by atomic mass is 10.1. The number of furan rings is 1. The van der Waals surface area contributed by atoms with Gasteiger partial charge in [-0.1, -0.05) is 30.3 Å². The second kappa shape index (κ2) is 5.85. The van der Waals surface area contributed by atoms with E-state index in [-0.39, 0.29) is 6.04 Å². The van der Waals surface area contributed by atoms with Crippen LogP contribution < -0.4 is 5.73 Å². The lowest BCUT2D eigenvalue weighted by molar-refractivity contribution is 0.276. The topological polar surface area (TPSA) is 42.4 Å². The first-order valence-electron chi connectivity index (χ1n) is 6.19. The van der Waals surface area contributed by atoms with Gasteiger partial charge in [0.2, 0.25) is 0 Å². The van der Waals surface area contributed by atoms with Crippen LogP contribution in [0.4, 0.5) is 0 Å². The van der Waals surface area contributed by atoms with Crippen LogP contribution in [0, 0.1) is 6.92 Å². The number of nitrogens with zero attached hydrogens (tertiary/aromatic N) is 1. The van der Waals surface area contributed by atoms with E-state index in [1.54, 1.807) is 0 Å². The Balaban J connectivity index is 1.89. The Morgan fingerprint density at radius 2 is 1.89 bits per heavy atom. The maximum atomic E-state index is 6.18. The van der Waals surface area contributed by atoms with Crippen molar-refractivity contribution in [2.24, 2.45) is 5.73 Å². The summed E-state index contributed by atoms with van der Waals surface area (Å²) in [6.07, 6.45) is 0. The molecule has 3 nitrogen and oxygen atoms in total. The predicted molar refractivity (Wildman–Crippen MR) is 73.1 cm³/mol. The summed E-state index contributed by atoms with van der Waals surface area (Å²) in [5.74, 6) is 1.93. The van der Waals surface area contributed by atoms with Gasteiger partial charge in [-0.05, 0) is 31.7 Å². The van der Waals surface area contributed by atoms with E-state index >= 15 is 0 Å². The number of rotatable bonds is 5. The van der Waals surface area contributed by atoms with Crippen LogP contribution in [0.1, 0.15) is 23.1 Å². The molecule has 0 spiro atoms. The van der Waals surface area contributed by atoms with Gasteiger partial charge in [-0.2, -0.15) is 0 Å². The predicted octanol–water partition coefficient (Wildman–Crippen LogP) is 2.72. The second-order valence-electron chi connectivity index (χ2n) is 4.73. The minimum atomic E-state index is 0.0345. The lowest BCUT2D eigenvalue weighted by Gasteiger charge is -2.20. The van der Waals surface area contributed by atoms with E-state index in [9.17, 15) is 0 Å². The summed E-state index contributed by atoms with van der Waals surface area (Å²) in [5.41, 5.74) is 7.35. The molecule has 1 unspecified atom stereocenters. The minimum absolute atomic E-state index is 0.0345. The Kier molecular flexibility index (Phi) is 4.18. The summed E-state index contributed by atoms with van der Waals surface area (Å²) in [7, 11) is 2.06. The van der Waals surface area contributed by atoms with E-state index in [1.165, 1.54) is 5.56 Å². The van der Waals surface area contributed by atoms with Crippen LogP contribution in [0.3, 0.4) is 0 Å². The highest BCUT2D eigenvalue weighted by atomic mass is 16.3. The molecule has 0 bridgehead atoms. The third kappa shape index (κ3) is 3.45. The largest absolute Gasteiger partial charge is 0.465 e. The molecule has 2 rings (SSSR count). The van der Waals surface area contributed by atoms with Gasteiger partial charge in [-0.15, -0.1) is 0 Å². The summed E-state index contributed by atoms with van der Waals surface area (Å²) < 4.78 is 5.56. The zero-order valence-electron chi connectivity index (χ0n) is 11.0. The molecule has 0 amide bonds. The third-order valence-electron chi connectivity index (χ3n) is 2.96. The zero-order valence-corrected chi connectivity index (χ0v) is 11.0. The quantitative estimate of drug-likeness (QED) is 0.879. The number of likely N-dealkylation sites (N-methyl/N-ethyl adjacent to an activating group) is 1. The van der Waals surface area contributed by atoms with Crippen LogP contribution in [0.15, 0.2) is 46.9 Å².